The molecule has 5 nitrogen and oxygen atoms in total. The number of ether oxygens (including phenoxy) is 1. The van der Waals surface area contributed by atoms with Crippen molar-refractivity contribution in [2.24, 2.45) is 0 Å². The first-order valence-corrected chi connectivity index (χ1v) is 9.17. The Balaban J connectivity index is -0.00000180. The SMILES string of the molecule is CCCCCCCCCCCCOC(=O)CS(=O)(=O)O.[H-].[Na+]. The van der Waals surface area contributed by atoms with Crippen molar-refractivity contribution in [3.05, 3.63) is 0 Å². The monoisotopic (exact) mass is 332 g/mol. The summed E-state index contributed by atoms with van der Waals surface area (Å²) in [5.74, 6) is -1.84. The average molecular weight is 332 g/mol. The molecule has 0 atom stereocenters. The number of rotatable bonds is 13. The van der Waals surface area contributed by atoms with Crippen molar-refractivity contribution in [1.29, 1.82) is 0 Å². The van der Waals surface area contributed by atoms with E-state index in [1.165, 1.54) is 44.9 Å². The van der Waals surface area contributed by atoms with Crippen molar-refractivity contribution in [2.45, 2.75) is 71.1 Å². The van der Waals surface area contributed by atoms with Crippen LogP contribution in [0.2, 0.25) is 0 Å². The van der Waals surface area contributed by atoms with Gasteiger partial charge in [-0.3, -0.25) is 9.35 Å². The van der Waals surface area contributed by atoms with Crippen LogP contribution in [0.15, 0.2) is 0 Å². The van der Waals surface area contributed by atoms with Gasteiger partial charge in [-0.25, -0.2) is 0 Å². The molecule has 0 spiro atoms. The summed E-state index contributed by atoms with van der Waals surface area (Å²) < 4.78 is 33.9. The number of esters is 1. The van der Waals surface area contributed by atoms with E-state index < -0.39 is 21.8 Å². The molecule has 0 saturated carbocycles. The third-order valence-electron chi connectivity index (χ3n) is 3.06. The molecule has 0 unspecified atom stereocenters. The second-order valence-corrected chi connectivity index (χ2v) is 6.58. The van der Waals surface area contributed by atoms with Crippen LogP contribution in [0.4, 0.5) is 0 Å². The maximum absolute atomic E-state index is 11.0. The fourth-order valence-electron chi connectivity index (χ4n) is 1.97. The van der Waals surface area contributed by atoms with Gasteiger partial charge in [0.25, 0.3) is 10.1 Å². The van der Waals surface area contributed by atoms with Crippen molar-refractivity contribution < 1.29 is 53.5 Å². The first-order valence-electron chi connectivity index (χ1n) is 7.56. The van der Waals surface area contributed by atoms with Gasteiger partial charge < -0.3 is 6.16 Å². The molecule has 21 heavy (non-hydrogen) atoms. The molecule has 0 radical (unpaired) electrons. The molecule has 0 aromatic rings. The van der Waals surface area contributed by atoms with Gasteiger partial charge in [0.15, 0.2) is 5.75 Å². The van der Waals surface area contributed by atoms with Crippen molar-refractivity contribution in [2.75, 3.05) is 12.4 Å². The van der Waals surface area contributed by atoms with Crippen molar-refractivity contribution in [3.8, 4) is 0 Å². The van der Waals surface area contributed by atoms with Crippen molar-refractivity contribution in [3.63, 3.8) is 0 Å². The molecular weight excluding hydrogens is 303 g/mol. The largest absolute Gasteiger partial charge is 1.00 e. The topological polar surface area (TPSA) is 80.7 Å². The molecule has 0 aliphatic rings. The van der Waals surface area contributed by atoms with Gasteiger partial charge in [-0.1, -0.05) is 64.7 Å². The minimum absolute atomic E-state index is 0. The van der Waals surface area contributed by atoms with E-state index in [1.807, 2.05) is 0 Å². The quantitative estimate of drug-likeness (QED) is 0.229. The maximum atomic E-state index is 11.0. The molecule has 0 fully saturated rings. The number of carbonyl (C=O) groups excluding carboxylic acids is 1. The third-order valence-corrected chi connectivity index (χ3v) is 3.66. The number of hydrogen-bond donors (Lipinski definition) is 1. The third kappa shape index (κ3) is 20.4. The van der Waals surface area contributed by atoms with Crippen LogP contribution in [0, 0.1) is 0 Å². The van der Waals surface area contributed by atoms with Gasteiger partial charge >= 0.3 is 35.5 Å². The molecule has 0 bridgehead atoms. The summed E-state index contributed by atoms with van der Waals surface area (Å²) in [6.07, 6.45) is 11.8. The molecule has 7 heteroatoms. The van der Waals surface area contributed by atoms with Gasteiger partial charge in [-0.15, -0.1) is 0 Å². The van der Waals surface area contributed by atoms with Gasteiger partial charge in [0.05, 0.1) is 6.61 Å². The standard InChI is InChI=1S/C14H28O5S.Na.H/c1-2-3-4-5-6-7-8-9-10-11-12-19-14(15)13-20(16,17)18;;/h2-13H2,1H3,(H,16,17,18);;/q;+1;-1. The second-order valence-electron chi connectivity index (χ2n) is 5.13. The minimum atomic E-state index is -4.26. The molecule has 122 valence electrons. The first-order chi connectivity index (χ1) is 9.45. The fourth-order valence-corrected chi connectivity index (χ4v) is 2.35. The van der Waals surface area contributed by atoms with E-state index >= 15 is 0 Å². The summed E-state index contributed by atoms with van der Waals surface area (Å²) in [6.45, 7) is 2.44. The van der Waals surface area contributed by atoms with E-state index in [1.54, 1.807) is 0 Å². The molecule has 0 aliphatic carbocycles. The van der Waals surface area contributed by atoms with Gasteiger partial charge in [0.1, 0.15) is 0 Å². The molecule has 0 saturated heterocycles. The van der Waals surface area contributed by atoms with Gasteiger partial charge in [-0.2, -0.15) is 8.42 Å². The van der Waals surface area contributed by atoms with Crippen LogP contribution in [-0.4, -0.2) is 31.3 Å². The zero-order chi connectivity index (χ0) is 15.3. The number of carbonyl (C=O) groups is 1. The van der Waals surface area contributed by atoms with Crippen LogP contribution < -0.4 is 29.6 Å². The normalized spacial score (nSPS) is 11.0. The van der Waals surface area contributed by atoms with Crippen LogP contribution in [0.5, 0.6) is 0 Å². The zero-order valence-corrected chi connectivity index (χ0v) is 16.3. The van der Waals surface area contributed by atoms with E-state index in [-0.39, 0.29) is 37.6 Å². The molecule has 0 amide bonds. The summed E-state index contributed by atoms with van der Waals surface area (Å²) in [5.41, 5.74) is 0. The molecule has 0 heterocycles. The predicted octanol–water partition coefficient (Wildman–Crippen LogP) is 0.455. The Labute approximate surface area is 152 Å². The Kier molecular flexibility index (Phi) is 17.2. The zero-order valence-electron chi connectivity index (χ0n) is 14.5. The van der Waals surface area contributed by atoms with E-state index in [0.29, 0.717) is 0 Å². The van der Waals surface area contributed by atoms with E-state index in [0.717, 1.165) is 19.3 Å². The average Bonchev–Trinajstić information content (AvgIpc) is 2.34. The first kappa shape index (κ1) is 23.6. The molecular formula is C14H29NaO5S. The molecule has 0 aromatic heterocycles. The summed E-state index contributed by atoms with van der Waals surface area (Å²) in [4.78, 5) is 11.0. The fraction of sp³-hybridized carbons (Fsp3) is 0.929. The molecule has 1 N–H and O–H groups in total. The van der Waals surface area contributed by atoms with E-state index in [4.69, 9.17) is 9.29 Å². The Morgan fingerprint density at radius 1 is 0.952 bits per heavy atom. The summed E-state index contributed by atoms with van der Waals surface area (Å²) in [5, 5.41) is 0. The van der Waals surface area contributed by atoms with Gasteiger partial charge in [0, 0.05) is 0 Å². The summed E-state index contributed by atoms with van der Waals surface area (Å²) in [7, 11) is -4.26. The van der Waals surface area contributed by atoms with Gasteiger partial charge in [0.2, 0.25) is 0 Å². The Hall–Kier alpha value is 0.380. The van der Waals surface area contributed by atoms with Crippen LogP contribution in [0.25, 0.3) is 0 Å². The van der Waals surface area contributed by atoms with E-state index in [2.05, 4.69) is 6.92 Å². The smallest absolute Gasteiger partial charge is 1.00 e. The Morgan fingerprint density at radius 2 is 1.38 bits per heavy atom. The minimum Gasteiger partial charge on any atom is -1.00 e. The summed E-state index contributed by atoms with van der Waals surface area (Å²) in [6, 6.07) is 0. The number of unbranched alkanes of at least 4 members (excludes halogenated alkanes) is 9. The summed E-state index contributed by atoms with van der Waals surface area (Å²) >= 11 is 0. The predicted molar refractivity (Wildman–Crippen MR) is 80.3 cm³/mol. The van der Waals surface area contributed by atoms with Crippen molar-refractivity contribution in [1.82, 2.24) is 0 Å². The van der Waals surface area contributed by atoms with Crippen LogP contribution >= 0.6 is 0 Å². The Morgan fingerprint density at radius 3 is 1.81 bits per heavy atom. The number of hydrogen-bond acceptors (Lipinski definition) is 4. The van der Waals surface area contributed by atoms with Crippen LogP contribution in [0.1, 0.15) is 72.6 Å². The Bertz CT molecular complexity index is 349. The second kappa shape index (κ2) is 15.3. The molecule has 0 aliphatic heterocycles. The van der Waals surface area contributed by atoms with Crippen molar-refractivity contribution >= 4 is 16.1 Å². The van der Waals surface area contributed by atoms with E-state index in [9.17, 15) is 13.2 Å². The molecule has 0 rings (SSSR count). The van der Waals surface area contributed by atoms with Crippen LogP contribution in [-0.2, 0) is 19.6 Å². The molecule has 0 aromatic carbocycles. The van der Waals surface area contributed by atoms with Gasteiger partial charge in [-0.05, 0) is 6.42 Å². The van der Waals surface area contributed by atoms with Crippen LogP contribution in [0.3, 0.4) is 0 Å². The maximum Gasteiger partial charge on any atom is 1.00 e.